The summed E-state index contributed by atoms with van der Waals surface area (Å²) in [6.07, 6.45) is 4.86. The molecule has 5 nitrogen and oxygen atoms in total. The number of nitrogens with zero attached hydrogens (tertiary/aromatic N) is 3. The highest BCUT2D eigenvalue weighted by atomic mass is 16.2. The Hall–Kier alpha value is -2.14. The molecule has 128 valence electrons. The molecule has 1 aromatic heterocycles. The van der Waals surface area contributed by atoms with Gasteiger partial charge in [0.1, 0.15) is 0 Å². The van der Waals surface area contributed by atoms with Crippen LogP contribution in [0.25, 0.3) is 0 Å². The quantitative estimate of drug-likeness (QED) is 0.919. The lowest BCUT2D eigenvalue weighted by atomic mass is 10.0. The highest BCUT2D eigenvalue weighted by Gasteiger charge is 2.25. The van der Waals surface area contributed by atoms with Crippen LogP contribution in [-0.4, -0.2) is 39.7 Å². The van der Waals surface area contributed by atoms with E-state index in [4.69, 9.17) is 0 Å². The van der Waals surface area contributed by atoms with Crippen molar-refractivity contribution in [3.8, 4) is 0 Å². The molecule has 1 saturated heterocycles. The van der Waals surface area contributed by atoms with Crippen molar-refractivity contribution in [2.75, 3.05) is 13.1 Å². The number of likely N-dealkylation sites (tertiary alicyclic amines) is 1. The Bertz CT molecular complexity index is 659. The molecule has 1 aromatic carbocycles. The molecule has 0 bridgehead atoms. The molecule has 3 rings (SSSR count). The van der Waals surface area contributed by atoms with Crippen LogP contribution in [-0.2, 0) is 7.05 Å². The minimum absolute atomic E-state index is 0.146. The van der Waals surface area contributed by atoms with Crippen molar-refractivity contribution in [1.82, 2.24) is 20.0 Å². The summed E-state index contributed by atoms with van der Waals surface area (Å²) >= 11 is 0. The Morgan fingerprint density at radius 3 is 2.54 bits per heavy atom. The van der Waals surface area contributed by atoms with E-state index in [9.17, 15) is 4.79 Å². The zero-order valence-corrected chi connectivity index (χ0v) is 14.5. The first kappa shape index (κ1) is 16.7. The van der Waals surface area contributed by atoms with Gasteiger partial charge in [-0.05, 0) is 37.5 Å². The number of aromatic nitrogens is 2. The topological polar surface area (TPSA) is 50.2 Å². The molecular weight excluding hydrogens is 300 g/mol. The molecule has 1 aliphatic heterocycles. The van der Waals surface area contributed by atoms with Gasteiger partial charge in [0.25, 0.3) is 5.91 Å². The monoisotopic (exact) mass is 326 g/mol. The summed E-state index contributed by atoms with van der Waals surface area (Å²) in [5, 5.41) is 8.02. The zero-order chi connectivity index (χ0) is 16.9. The van der Waals surface area contributed by atoms with Crippen LogP contribution in [0.4, 0.5) is 0 Å². The predicted molar refractivity (Wildman–Crippen MR) is 94.7 cm³/mol. The Morgan fingerprint density at radius 1 is 1.25 bits per heavy atom. The van der Waals surface area contributed by atoms with E-state index in [-0.39, 0.29) is 5.91 Å². The fourth-order valence-electron chi connectivity index (χ4n) is 3.44. The smallest absolute Gasteiger partial charge is 0.253 e. The van der Waals surface area contributed by atoms with E-state index in [0.29, 0.717) is 12.1 Å². The molecule has 1 fully saturated rings. The zero-order valence-electron chi connectivity index (χ0n) is 14.5. The predicted octanol–water partition coefficient (Wildman–Crippen LogP) is 2.77. The minimum Gasteiger partial charge on any atom is -0.339 e. The molecule has 1 amide bonds. The van der Waals surface area contributed by atoms with Gasteiger partial charge in [-0.3, -0.25) is 9.48 Å². The molecule has 1 aliphatic rings. The van der Waals surface area contributed by atoms with Crippen molar-refractivity contribution in [3.63, 3.8) is 0 Å². The third-order valence-electron chi connectivity index (χ3n) is 4.86. The number of piperidine rings is 1. The second-order valence-electron chi connectivity index (χ2n) is 6.44. The van der Waals surface area contributed by atoms with E-state index in [1.54, 1.807) is 0 Å². The molecule has 2 heterocycles. The van der Waals surface area contributed by atoms with Crippen molar-refractivity contribution in [3.05, 3.63) is 53.9 Å². The lowest BCUT2D eigenvalue weighted by molar-refractivity contribution is 0.0701. The fraction of sp³-hybridized carbons (Fsp3) is 0.474. The molecule has 5 heteroatoms. The van der Waals surface area contributed by atoms with Gasteiger partial charge >= 0.3 is 0 Å². The van der Waals surface area contributed by atoms with E-state index in [2.05, 4.69) is 23.4 Å². The van der Waals surface area contributed by atoms with Gasteiger partial charge in [-0.25, -0.2) is 0 Å². The molecule has 1 N–H and O–H groups in total. The molecule has 24 heavy (non-hydrogen) atoms. The van der Waals surface area contributed by atoms with E-state index in [0.717, 1.165) is 37.9 Å². The number of amides is 1. The molecule has 0 aliphatic carbocycles. The molecular formula is C19H26N4O. The lowest BCUT2D eigenvalue weighted by Gasteiger charge is -2.34. The Kier molecular flexibility index (Phi) is 5.30. The van der Waals surface area contributed by atoms with Crippen LogP contribution in [0.3, 0.4) is 0 Å². The number of hydrogen-bond donors (Lipinski definition) is 1. The third kappa shape index (κ3) is 3.67. The van der Waals surface area contributed by atoms with Gasteiger partial charge in [0.05, 0.1) is 5.69 Å². The van der Waals surface area contributed by atoms with E-state index in [1.165, 1.54) is 5.69 Å². The number of benzene rings is 1. The summed E-state index contributed by atoms with van der Waals surface area (Å²) in [5.41, 5.74) is 2.01. The lowest BCUT2D eigenvalue weighted by Crippen LogP contribution is -2.46. The molecule has 0 spiro atoms. The summed E-state index contributed by atoms with van der Waals surface area (Å²) in [6.45, 7) is 3.82. The van der Waals surface area contributed by atoms with Crippen LogP contribution in [0.15, 0.2) is 42.6 Å². The second kappa shape index (κ2) is 7.62. The van der Waals surface area contributed by atoms with E-state index < -0.39 is 0 Å². The van der Waals surface area contributed by atoms with Crippen molar-refractivity contribution in [1.29, 1.82) is 0 Å². The van der Waals surface area contributed by atoms with Crippen molar-refractivity contribution in [2.24, 2.45) is 7.05 Å². The summed E-state index contributed by atoms with van der Waals surface area (Å²) in [5.74, 6) is 0.146. The number of nitrogens with one attached hydrogen (secondary N) is 1. The molecule has 0 saturated carbocycles. The van der Waals surface area contributed by atoms with Gasteiger partial charge in [-0.2, -0.15) is 5.10 Å². The SMILES string of the molecule is CC[C@@H](NC1CCN(C(=O)c2ccccc2)CC1)c1ccnn1C. The third-order valence-corrected chi connectivity index (χ3v) is 4.86. The summed E-state index contributed by atoms with van der Waals surface area (Å²) in [6, 6.07) is 12.4. The standard InChI is InChI=1S/C19H26N4O/c1-3-17(18-9-12-20-22(18)2)21-16-10-13-23(14-11-16)19(24)15-7-5-4-6-8-15/h4-9,12,16-17,21H,3,10-11,13-14H2,1-2H3/t17-/m1/s1. The Morgan fingerprint density at radius 2 is 1.96 bits per heavy atom. The summed E-state index contributed by atoms with van der Waals surface area (Å²) in [7, 11) is 1.99. The number of rotatable bonds is 5. The first-order chi connectivity index (χ1) is 11.7. The summed E-state index contributed by atoms with van der Waals surface area (Å²) < 4.78 is 1.94. The van der Waals surface area contributed by atoms with Crippen LogP contribution < -0.4 is 5.32 Å². The van der Waals surface area contributed by atoms with Gasteiger partial charge in [-0.15, -0.1) is 0 Å². The average molecular weight is 326 g/mol. The molecule has 1 atom stereocenters. The van der Waals surface area contributed by atoms with E-state index in [1.807, 2.05) is 53.2 Å². The van der Waals surface area contributed by atoms with Gasteiger partial charge in [0.15, 0.2) is 0 Å². The van der Waals surface area contributed by atoms with Crippen LogP contribution in [0.2, 0.25) is 0 Å². The minimum atomic E-state index is 0.146. The van der Waals surface area contributed by atoms with Crippen LogP contribution in [0.1, 0.15) is 48.3 Å². The molecule has 0 radical (unpaired) electrons. The first-order valence-corrected chi connectivity index (χ1v) is 8.77. The van der Waals surface area contributed by atoms with Gasteiger partial charge < -0.3 is 10.2 Å². The Balaban J connectivity index is 1.55. The maximum atomic E-state index is 12.5. The summed E-state index contributed by atoms with van der Waals surface area (Å²) in [4.78, 5) is 14.5. The van der Waals surface area contributed by atoms with Crippen molar-refractivity contribution < 1.29 is 4.79 Å². The average Bonchev–Trinajstić information content (AvgIpc) is 3.06. The first-order valence-electron chi connectivity index (χ1n) is 8.77. The second-order valence-corrected chi connectivity index (χ2v) is 6.44. The number of carbonyl (C=O) groups excluding carboxylic acids is 1. The molecule has 2 aromatic rings. The van der Waals surface area contributed by atoms with Crippen molar-refractivity contribution >= 4 is 5.91 Å². The largest absolute Gasteiger partial charge is 0.339 e. The van der Waals surface area contributed by atoms with Crippen molar-refractivity contribution in [2.45, 2.75) is 38.3 Å². The van der Waals surface area contributed by atoms with Crippen LogP contribution >= 0.6 is 0 Å². The fourth-order valence-corrected chi connectivity index (χ4v) is 3.44. The van der Waals surface area contributed by atoms with Gasteiger partial charge in [0, 0.05) is 44.0 Å². The number of carbonyl (C=O) groups is 1. The molecule has 0 unspecified atom stereocenters. The van der Waals surface area contributed by atoms with Gasteiger partial charge in [-0.1, -0.05) is 25.1 Å². The maximum Gasteiger partial charge on any atom is 0.253 e. The van der Waals surface area contributed by atoms with Gasteiger partial charge in [0.2, 0.25) is 0 Å². The number of aryl methyl sites for hydroxylation is 1. The normalized spacial score (nSPS) is 17.0. The highest BCUT2D eigenvalue weighted by Crippen LogP contribution is 2.20. The Labute approximate surface area is 143 Å². The highest BCUT2D eigenvalue weighted by molar-refractivity contribution is 5.94. The van der Waals surface area contributed by atoms with Crippen LogP contribution in [0.5, 0.6) is 0 Å². The van der Waals surface area contributed by atoms with E-state index >= 15 is 0 Å². The van der Waals surface area contributed by atoms with Crippen LogP contribution in [0, 0.1) is 0 Å². The number of hydrogen-bond acceptors (Lipinski definition) is 3. The maximum absolute atomic E-state index is 12.5.